The Bertz CT molecular complexity index is 2060. The number of aryl methyl sites for hydroxylation is 1. The number of likely N-dealkylation sites (tertiary alicyclic amines) is 1. The standard InChI is InChI=1S/C41H58F2N6O9S/c1-8-25-30(58-35-28(13-11-9-10-12-23-18-22(23)2)44-27-15-14-24(57-7)19-29(27)45-35)21-49(36(51)32(39(3,4)5)46-38(53)54)31(25)34(50)47-41(20-26(41)33(42)43)37(52)48-59(55,56)40(6)16-17-40/h14-15,19,22-23,25-26,30-33,46H,8-13,16-18,20-21H2,1-7H3,(H,47,50)(H,48,52)(H,53,54)/t22-,23+,25+,26-,30-,31-,32+,41+/m0/s1. The van der Waals surface area contributed by atoms with E-state index < -0.39 is 92.4 Å². The van der Waals surface area contributed by atoms with E-state index in [4.69, 9.17) is 19.4 Å². The van der Waals surface area contributed by atoms with E-state index in [9.17, 15) is 41.5 Å². The molecule has 59 heavy (non-hydrogen) atoms. The van der Waals surface area contributed by atoms with Crippen molar-refractivity contribution in [3.05, 3.63) is 23.9 Å². The molecule has 2 heterocycles. The number of benzene rings is 1. The zero-order valence-corrected chi connectivity index (χ0v) is 35.7. The topological polar surface area (TPSA) is 206 Å². The monoisotopic (exact) mass is 848 g/mol. The van der Waals surface area contributed by atoms with Gasteiger partial charge in [-0.3, -0.25) is 19.1 Å². The van der Waals surface area contributed by atoms with Gasteiger partial charge in [0.05, 0.1) is 35.4 Å². The second-order valence-electron chi connectivity index (χ2n) is 18.3. The zero-order valence-electron chi connectivity index (χ0n) is 34.8. The van der Waals surface area contributed by atoms with Crippen LogP contribution in [0.3, 0.4) is 0 Å². The van der Waals surface area contributed by atoms with Gasteiger partial charge in [0.2, 0.25) is 34.1 Å². The number of methoxy groups -OCH3 is 1. The number of alkyl halides is 2. The number of fused-ring (bicyclic) bond motifs is 1. The summed E-state index contributed by atoms with van der Waals surface area (Å²) < 4.78 is 67.5. The molecule has 1 aromatic carbocycles. The van der Waals surface area contributed by atoms with Crippen LogP contribution < -0.4 is 24.8 Å². The van der Waals surface area contributed by atoms with Crippen LogP contribution in [-0.4, -0.2) is 101 Å². The molecule has 3 saturated carbocycles. The summed E-state index contributed by atoms with van der Waals surface area (Å²) in [5.74, 6) is -3.26. The van der Waals surface area contributed by atoms with E-state index in [1.54, 1.807) is 45.9 Å². The van der Waals surface area contributed by atoms with Crippen LogP contribution >= 0.6 is 0 Å². The fourth-order valence-corrected chi connectivity index (χ4v) is 9.69. The van der Waals surface area contributed by atoms with Crippen molar-refractivity contribution in [3.63, 3.8) is 0 Å². The largest absolute Gasteiger partial charge is 0.497 e. The van der Waals surface area contributed by atoms with Crippen molar-refractivity contribution < 1.29 is 51.0 Å². The average molecular weight is 849 g/mol. The Hall–Kier alpha value is -4.35. The number of halogens is 2. The molecule has 4 amide bonds. The van der Waals surface area contributed by atoms with Crippen molar-refractivity contribution in [1.29, 1.82) is 0 Å². The molecule has 18 heteroatoms. The van der Waals surface area contributed by atoms with Crippen LogP contribution in [0.15, 0.2) is 18.2 Å². The predicted molar refractivity (Wildman–Crippen MR) is 213 cm³/mol. The number of nitrogens with one attached hydrogen (secondary N) is 3. The summed E-state index contributed by atoms with van der Waals surface area (Å²) in [6.07, 6.45) is 0.584. The third kappa shape index (κ3) is 9.36. The maximum absolute atomic E-state index is 14.6. The first-order chi connectivity index (χ1) is 27.6. The molecule has 2 aromatic rings. The molecule has 1 aromatic heterocycles. The number of carbonyl (C=O) groups excluding carboxylic acids is 3. The number of carboxylic acid groups (broad SMARTS) is 1. The lowest BCUT2D eigenvalue weighted by molar-refractivity contribution is -0.143. The summed E-state index contributed by atoms with van der Waals surface area (Å²) in [4.78, 5) is 65.7. The van der Waals surface area contributed by atoms with Crippen LogP contribution in [0.5, 0.6) is 11.6 Å². The van der Waals surface area contributed by atoms with E-state index in [0.717, 1.165) is 31.1 Å². The highest BCUT2D eigenvalue weighted by molar-refractivity contribution is 7.91. The molecular weight excluding hydrogens is 791 g/mol. The van der Waals surface area contributed by atoms with Crippen LogP contribution in [0.25, 0.3) is 11.0 Å². The molecule has 0 radical (unpaired) electrons. The third-order valence-corrected chi connectivity index (χ3v) is 15.0. The molecule has 0 spiro atoms. The Labute approximate surface area is 344 Å². The van der Waals surface area contributed by atoms with Gasteiger partial charge in [-0.2, -0.15) is 0 Å². The van der Waals surface area contributed by atoms with Crippen LogP contribution in [-0.2, 0) is 30.8 Å². The number of nitrogens with zero attached hydrogens (tertiary/aromatic N) is 3. The minimum absolute atomic E-state index is 0.184. The molecule has 4 N–H and O–H groups in total. The second kappa shape index (κ2) is 16.6. The highest BCUT2D eigenvalue weighted by Gasteiger charge is 2.67. The third-order valence-electron chi connectivity index (χ3n) is 12.8. The molecule has 1 aliphatic heterocycles. The Morgan fingerprint density at radius 3 is 2.34 bits per heavy atom. The minimum atomic E-state index is -4.26. The quantitative estimate of drug-likeness (QED) is 0.144. The van der Waals surface area contributed by atoms with Gasteiger partial charge in [-0.25, -0.2) is 32.0 Å². The number of aromatic nitrogens is 2. The Morgan fingerprint density at radius 2 is 1.78 bits per heavy atom. The van der Waals surface area contributed by atoms with Gasteiger partial charge in [-0.1, -0.05) is 53.9 Å². The Morgan fingerprint density at radius 1 is 1.08 bits per heavy atom. The van der Waals surface area contributed by atoms with Gasteiger partial charge >= 0.3 is 6.09 Å². The smallest absolute Gasteiger partial charge is 0.405 e. The summed E-state index contributed by atoms with van der Waals surface area (Å²) in [5, 5.41) is 14.5. The molecule has 0 unspecified atom stereocenters. The van der Waals surface area contributed by atoms with Crippen LogP contribution in [0.2, 0.25) is 0 Å². The van der Waals surface area contributed by atoms with E-state index in [1.165, 1.54) is 31.8 Å². The average Bonchev–Trinajstić information content (AvgIpc) is 4.12. The second-order valence-corrected chi connectivity index (χ2v) is 20.5. The number of carbonyl (C=O) groups is 4. The van der Waals surface area contributed by atoms with Gasteiger partial charge in [-0.15, -0.1) is 0 Å². The fourth-order valence-electron chi connectivity index (χ4n) is 8.38. The summed E-state index contributed by atoms with van der Waals surface area (Å²) in [7, 11) is -2.73. The molecular formula is C41H58F2N6O9S. The van der Waals surface area contributed by atoms with Gasteiger partial charge in [0.15, 0.2) is 0 Å². The van der Waals surface area contributed by atoms with Crippen molar-refractivity contribution in [3.8, 4) is 11.6 Å². The Balaban J connectivity index is 1.33. The van der Waals surface area contributed by atoms with Gasteiger partial charge in [0.25, 0.3) is 5.91 Å². The predicted octanol–water partition coefficient (Wildman–Crippen LogP) is 5.20. The minimum Gasteiger partial charge on any atom is -0.497 e. The first kappa shape index (κ1) is 44.2. The van der Waals surface area contributed by atoms with Crippen molar-refractivity contribution >= 4 is 44.9 Å². The number of hydrogen-bond acceptors (Lipinski definition) is 10. The number of ether oxygens (including phenoxy) is 2. The number of rotatable bonds is 18. The van der Waals surface area contributed by atoms with Crippen molar-refractivity contribution in [2.75, 3.05) is 13.7 Å². The maximum atomic E-state index is 14.6. The normalized spacial score (nSPS) is 27.5. The number of unbranched alkanes of at least 4 members (excludes halogenated alkanes) is 2. The van der Waals surface area contributed by atoms with Crippen molar-refractivity contribution in [1.82, 2.24) is 30.2 Å². The first-order valence-corrected chi connectivity index (χ1v) is 22.1. The number of sulfonamides is 1. The number of amides is 4. The van der Waals surface area contributed by atoms with Crippen LogP contribution in [0.1, 0.15) is 105 Å². The van der Waals surface area contributed by atoms with Crippen LogP contribution in [0, 0.1) is 29.1 Å². The highest BCUT2D eigenvalue weighted by Crippen LogP contribution is 2.50. The van der Waals surface area contributed by atoms with Gasteiger partial charge in [-0.05, 0) is 81.3 Å². The maximum Gasteiger partial charge on any atom is 0.405 e. The van der Waals surface area contributed by atoms with E-state index in [1.807, 2.05) is 4.72 Å². The SMILES string of the molecule is CC[C@@H]1[C@@H](Oc2nc3cc(OC)ccc3nc2CCCCC[C@@H]2C[C@@H]2C)CN(C(=O)[C@@H](NC(=O)O)C(C)(C)C)[C@@H]1C(=O)N[C@]1(C(=O)NS(=O)(=O)C2(C)CC2)C[C@H]1C(F)F. The van der Waals surface area contributed by atoms with Gasteiger partial charge in [0, 0.05) is 12.0 Å². The van der Waals surface area contributed by atoms with Crippen molar-refractivity contribution in [2.24, 2.45) is 29.1 Å². The van der Waals surface area contributed by atoms with Crippen LogP contribution in [0.4, 0.5) is 13.6 Å². The summed E-state index contributed by atoms with van der Waals surface area (Å²) >= 11 is 0. The fraction of sp³-hybridized carbons (Fsp3) is 0.707. The lowest BCUT2D eigenvalue weighted by Crippen LogP contribution is -2.61. The molecule has 1 saturated heterocycles. The molecule has 326 valence electrons. The molecule has 15 nitrogen and oxygen atoms in total. The van der Waals surface area contributed by atoms with E-state index >= 15 is 0 Å². The summed E-state index contributed by atoms with van der Waals surface area (Å²) in [6.45, 7) is 10.2. The molecule has 6 rings (SSSR count). The van der Waals surface area contributed by atoms with Gasteiger partial charge in [0.1, 0.15) is 35.2 Å². The van der Waals surface area contributed by atoms with E-state index in [-0.39, 0.29) is 31.7 Å². The highest BCUT2D eigenvalue weighted by atomic mass is 32.2. The zero-order chi connectivity index (χ0) is 43.2. The molecule has 4 aliphatic rings. The first-order valence-electron chi connectivity index (χ1n) is 20.6. The van der Waals surface area contributed by atoms with E-state index in [0.29, 0.717) is 28.9 Å². The lowest BCUT2D eigenvalue weighted by Gasteiger charge is -2.35. The summed E-state index contributed by atoms with van der Waals surface area (Å²) in [6, 6.07) is 2.48. The molecule has 0 bridgehead atoms. The molecule has 8 atom stereocenters. The lowest BCUT2D eigenvalue weighted by atomic mass is 9.85. The summed E-state index contributed by atoms with van der Waals surface area (Å²) in [5.41, 5.74) is -1.60. The number of hydrogen-bond donors (Lipinski definition) is 4. The van der Waals surface area contributed by atoms with Crippen molar-refractivity contribution in [2.45, 2.75) is 141 Å². The van der Waals surface area contributed by atoms with E-state index in [2.05, 4.69) is 17.6 Å². The van der Waals surface area contributed by atoms with Gasteiger partial charge < -0.3 is 30.1 Å². The molecule has 3 aliphatic carbocycles. The Kier molecular flexibility index (Phi) is 12.4. The molecule has 4 fully saturated rings.